The van der Waals surface area contributed by atoms with E-state index in [1.807, 2.05) is 12.1 Å². The van der Waals surface area contributed by atoms with Crippen molar-refractivity contribution in [3.63, 3.8) is 0 Å². The van der Waals surface area contributed by atoms with Gasteiger partial charge in [0.2, 0.25) is 0 Å². The molecule has 122 valence electrons. The summed E-state index contributed by atoms with van der Waals surface area (Å²) < 4.78 is 2.45. The molecule has 0 aromatic heterocycles. The van der Waals surface area contributed by atoms with E-state index >= 15 is 0 Å². The molecule has 0 unspecified atom stereocenters. The lowest BCUT2D eigenvalue weighted by Gasteiger charge is -2.41. The molecule has 2 aliphatic rings. The maximum atomic E-state index is 6.08. The van der Waals surface area contributed by atoms with Crippen molar-refractivity contribution in [3.8, 4) is 0 Å². The fraction of sp³-hybridized carbons (Fsp3) is 0.647. The van der Waals surface area contributed by atoms with Gasteiger partial charge in [0.15, 0.2) is 0 Å². The first-order valence-corrected chi connectivity index (χ1v) is 9.76. The molecular weight excluding hydrogens is 335 g/mol. The van der Waals surface area contributed by atoms with Gasteiger partial charge in [0.05, 0.1) is 0 Å². The third-order valence-corrected chi connectivity index (χ3v) is 6.33. The zero-order valence-corrected chi connectivity index (χ0v) is 15.4. The van der Waals surface area contributed by atoms with Gasteiger partial charge in [0, 0.05) is 34.1 Å². The van der Waals surface area contributed by atoms with E-state index in [2.05, 4.69) is 16.1 Å². The first-order valence-electron chi connectivity index (χ1n) is 8.23. The van der Waals surface area contributed by atoms with Gasteiger partial charge in [-0.05, 0) is 74.8 Å². The van der Waals surface area contributed by atoms with E-state index in [9.17, 15) is 0 Å². The van der Waals surface area contributed by atoms with E-state index in [0.29, 0.717) is 10.0 Å². The Morgan fingerprint density at radius 1 is 0.909 bits per heavy atom. The molecule has 0 atom stereocenters. The van der Waals surface area contributed by atoms with E-state index in [1.54, 1.807) is 18.0 Å². The van der Waals surface area contributed by atoms with E-state index in [-0.39, 0.29) is 0 Å². The summed E-state index contributed by atoms with van der Waals surface area (Å²) >= 11 is 14.0. The minimum absolute atomic E-state index is 0.715. The van der Waals surface area contributed by atoms with Crippen LogP contribution in [-0.4, -0.2) is 41.4 Å². The predicted octanol–water partition coefficient (Wildman–Crippen LogP) is 5.20. The third kappa shape index (κ3) is 4.55. The number of hydrogen-bond donors (Lipinski definition) is 0. The fourth-order valence-electron chi connectivity index (χ4n) is 3.42. The molecule has 3 rings (SSSR count). The highest BCUT2D eigenvalue weighted by molar-refractivity contribution is 7.97. The fourth-order valence-corrected chi connectivity index (χ4v) is 5.13. The van der Waals surface area contributed by atoms with Gasteiger partial charge in [-0.1, -0.05) is 30.1 Å². The molecule has 2 saturated heterocycles. The molecule has 2 heterocycles. The lowest BCUT2D eigenvalue weighted by molar-refractivity contribution is 0.103. The Bertz CT molecular complexity index is 475. The van der Waals surface area contributed by atoms with Crippen molar-refractivity contribution in [1.29, 1.82) is 0 Å². The molecular formula is C17H24Cl2N2S. The first kappa shape index (κ1) is 16.9. The molecule has 2 fully saturated rings. The monoisotopic (exact) mass is 358 g/mol. The highest BCUT2D eigenvalue weighted by Gasteiger charge is 2.27. The van der Waals surface area contributed by atoms with Crippen molar-refractivity contribution in [3.05, 3.63) is 28.2 Å². The van der Waals surface area contributed by atoms with Gasteiger partial charge in [0.1, 0.15) is 0 Å². The molecule has 1 aromatic carbocycles. The molecule has 22 heavy (non-hydrogen) atoms. The highest BCUT2D eigenvalue weighted by atomic mass is 35.5. The van der Waals surface area contributed by atoms with Crippen LogP contribution >= 0.6 is 35.1 Å². The number of benzene rings is 1. The topological polar surface area (TPSA) is 6.48 Å². The van der Waals surface area contributed by atoms with Crippen molar-refractivity contribution < 1.29 is 0 Å². The van der Waals surface area contributed by atoms with Crippen LogP contribution in [0.25, 0.3) is 0 Å². The summed E-state index contributed by atoms with van der Waals surface area (Å²) in [5.74, 6) is 0.916. The van der Waals surface area contributed by atoms with Crippen LogP contribution < -0.4 is 0 Å². The SMILES string of the molecule is CC1CCN(C2CCN(Sc3cc(Cl)cc(Cl)c3)CC2)CC1. The quantitative estimate of drug-likeness (QED) is 0.685. The maximum absolute atomic E-state index is 6.08. The average Bonchev–Trinajstić information content (AvgIpc) is 2.48. The van der Waals surface area contributed by atoms with Gasteiger partial charge in [-0.25, -0.2) is 4.31 Å². The van der Waals surface area contributed by atoms with Crippen LogP contribution in [0.15, 0.2) is 23.1 Å². The lowest BCUT2D eigenvalue weighted by Crippen LogP contribution is -2.46. The second-order valence-corrected chi connectivity index (χ2v) is 8.62. The summed E-state index contributed by atoms with van der Waals surface area (Å²) in [6.45, 7) is 7.26. The van der Waals surface area contributed by atoms with Crippen LogP contribution in [0.3, 0.4) is 0 Å². The van der Waals surface area contributed by atoms with Crippen molar-refractivity contribution >= 4 is 35.1 Å². The highest BCUT2D eigenvalue weighted by Crippen LogP contribution is 2.32. The normalized spacial score (nSPS) is 23.0. The molecule has 5 heteroatoms. The minimum Gasteiger partial charge on any atom is -0.300 e. The Hall–Kier alpha value is 0.0700. The smallest absolute Gasteiger partial charge is 0.0432 e. The van der Waals surface area contributed by atoms with E-state index in [4.69, 9.17) is 23.2 Å². The van der Waals surface area contributed by atoms with Gasteiger partial charge < -0.3 is 4.90 Å². The van der Waals surface area contributed by atoms with Gasteiger partial charge in [0.25, 0.3) is 0 Å². The van der Waals surface area contributed by atoms with Crippen molar-refractivity contribution in [1.82, 2.24) is 9.21 Å². The van der Waals surface area contributed by atoms with Gasteiger partial charge in [-0.2, -0.15) is 0 Å². The largest absolute Gasteiger partial charge is 0.300 e. The standard InChI is InChI=1S/C17H24Cl2N2S/c1-13-2-6-20(7-3-13)16-4-8-21(9-5-16)22-17-11-14(18)10-15(19)12-17/h10-13,16H,2-9H2,1H3. The number of nitrogens with zero attached hydrogens (tertiary/aromatic N) is 2. The molecule has 0 amide bonds. The summed E-state index contributed by atoms with van der Waals surface area (Å²) in [5.41, 5.74) is 0. The Labute approximate surface area is 148 Å². The summed E-state index contributed by atoms with van der Waals surface area (Å²) in [6, 6.07) is 6.57. The lowest BCUT2D eigenvalue weighted by atomic mass is 9.95. The number of halogens is 2. The summed E-state index contributed by atoms with van der Waals surface area (Å²) in [7, 11) is 0. The average molecular weight is 359 g/mol. The molecule has 0 saturated carbocycles. The van der Waals surface area contributed by atoms with Crippen molar-refractivity contribution in [2.45, 2.75) is 43.5 Å². The zero-order chi connectivity index (χ0) is 15.5. The molecule has 0 radical (unpaired) electrons. The second-order valence-electron chi connectivity index (χ2n) is 6.58. The number of rotatable bonds is 3. The van der Waals surface area contributed by atoms with Crippen LogP contribution in [0.4, 0.5) is 0 Å². The summed E-state index contributed by atoms with van der Waals surface area (Å²) in [4.78, 5) is 3.86. The van der Waals surface area contributed by atoms with Crippen LogP contribution in [0.1, 0.15) is 32.6 Å². The first-order chi connectivity index (χ1) is 10.6. The molecule has 2 nitrogen and oxygen atoms in total. The molecule has 0 spiro atoms. The Morgan fingerprint density at radius 3 is 2.09 bits per heavy atom. The molecule has 0 aliphatic carbocycles. The van der Waals surface area contributed by atoms with Gasteiger partial charge in [-0.15, -0.1) is 0 Å². The van der Waals surface area contributed by atoms with Crippen LogP contribution in [0.2, 0.25) is 10.0 Å². The third-order valence-electron chi connectivity index (χ3n) is 4.83. The molecule has 2 aliphatic heterocycles. The van der Waals surface area contributed by atoms with E-state index in [1.165, 1.54) is 38.8 Å². The molecule has 1 aromatic rings. The van der Waals surface area contributed by atoms with Crippen LogP contribution in [-0.2, 0) is 0 Å². The van der Waals surface area contributed by atoms with Crippen molar-refractivity contribution in [2.75, 3.05) is 26.2 Å². The number of hydrogen-bond acceptors (Lipinski definition) is 3. The van der Waals surface area contributed by atoms with E-state index < -0.39 is 0 Å². The zero-order valence-electron chi connectivity index (χ0n) is 13.1. The van der Waals surface area contributed by atoms with Gasteiger partial charge >= 0.3 is 0 Å². The number of likely N-dealkylation sites (tertiary alicyclic amines) is 1. The summed E-state index contributed by atoms with van der Waals surface area (Å²) in [6.07, 6.45) is 5.29. The Morgan fingerprint density at radius 2 is 1.50 bits per heavy atom. The van der Waals surface area contributed by atoms with Crippen molar-refractivity contribution in [2.24, 2.45) is 5.92 Å². The second kappa shape index (κ2) is 7.76. The summed E-state index contributed by atoms with van der Waals surface area (Å²) in [5, 5.41) is 1.43. The van der Waals surface area contributed by atoms with Gasteiger partial charge in [-0.3, -0.25) is 0 Å². The van der Waals surface area contributed by atoms with E-state index in [0.717, 1.165) is 29.9 Å². The molecule has 0 N–H and O–H groups in total. The molecule has 0 bridgehead atoms. The number of piperidine rings is 2. The van der Waals surface area contributed by atoms with Crippen LogP contribution in [0.5, 0.6) is 0 Å². The minimum atomic E-state index is 0.715. The van der Waals surface area contributed by atoms with Crippen LogP contribution in [0, 0.1) is 5.92 Å². The predicted molar refractivity (Wildman–Crippen MR) is 96.9 cm³/mol. The maximum Gasteiger partial charge on any atom is 0.0432 e. The Kier molecular flexibility index (Phi) is 5.97. The Balaban J connectivity index is 1.49.